The summed E-state index contributed by atoms with van der Waals surface area (Å²) in [4.78, 5) is 26.5. The molecule has 0 radical (unpaired) electrons. The predicted molar refractivity (Wildman–Crippen MR) is 101 cm³/mol. The highest BCUT2D eigenvalue weighted by atomic mass is 32.1. The first-order valence-electron chi connectivity index (χ1n) is 8.82. The van der Waals surface area contributed by atoms with Gasteiger partial charge in [-0.05, 0) is 43.9 Å². The molecule has 1 fully saturated rings. The standard InChI is InChI=1S/C20H23NO4S/c1-14-4-6-15(7-5-14)10-11-21(13-16-3-2-12-25-16)19(22)17-8-9-18(26-17)20(23)24/h4-9,16H,2-3,10-13H2,1H3,(H,23,24). The number of nitrogens with zero attached hydrogens (tertiary/aromatic N) is 1. The molecule has 138 valence electrons. The summed E-state index contributed by atoms with van der Waals surface area (Å²) in [5.41, 5.74) is 2.39. The van der Waals surface area contributed by atoms with Gasteiger partial charge in [-0.25, -0.2) is 4.79 Å². The fraction of sp³-hybridized carbons (Fsp3) is 0.400. The van der Waals surface area contributed by atoms with Crippen LogP contribution in [-0.2, 0) is 11.2 Å². The lowest BCUT2D eigenvalue weighted by molar-refractivity contribution is 0.0532. The summed E-state index contributed by atoms with van der Waals surface area (Å²) in [6, 6.07) is 11.4. The molecule has 1 amide bonds. The van der Waals surface area contributed by atoms with Gasteiger partial charge in [0.2, 0.25) is 0 Å². The van der Waals surface area contributed by atoms with Crippen LogP contribution in [-0.4, -0.2) is 47.7 Å². The Kier molecular flexibility index (Phi) is 6.06. The summed E-state index contributed by atoms with van der Waals surface area (Å²) in [5, 5.41) is 9.09. The zero-order valence-electron chi connectivity index (χ0n) is 14.8. The van der Waals surface area contributed by atoms with E-state index in [9.17, 15) is 9.59 Å². The molecule has 0 aliphatic carbocycles. The minimum atomic E-state index is -1.00. The number of thiophene rings is 1. The minimum Gasteiger partial charge on any atom is -0.477 e. The number of carbonyl (C=O) groups excluding carboxylic acids is 1. The monoisotopic (exact) mass is 373 g/mol. The van der Waals surface area contributed by atoms with Gasteiger partial charge in [0.05, 0.1) is 11.0 Å². The number of aryl methyl sites for hydroxylation is 1. The topological polar surface area (TPSA) is 66.8 Å². The molecule has 6 heteroatoms. The van der Waals surface area contributed by atoms with Crippen LogP contribution in [0.2, 0.25) is 0 Å². The van der Waals surface area contributed by atoms with Gasteiger partial charge in [-0.15, -0.1) is 11.3 Å². The van der Waals surface area contributed by atoms with Crippen LogP contribution in [0.4, 0.5) is 0 Å². The molecule has 2 heterocycles. The molecule has 1 aliphatic heterocycles. The van der Waals surface area contributed by atoms with Gasteiger partial charge in [0.15, 0.2) is 0 Å². The number of benzene rings is 1. The molecular weight excluding hydrogens is 350 g/mol. The van der Waals surface area contributed by atoms with Crippen molar-refractivity contribution in [3.8, 4) is 0 Å². The largest absolute Gasteiger partial charge is 0.477 e. The van der Waals surface area contributed by atoms with E-state index in [1.165, 1.54) is 17.2 Å². The Balaban J connectivity index is 1.71. The van der Waals surface area contributed by atoms with Gasteiger partial charge in [-0.1, -0.05) is 29.8 Å². The fourth-order valence-corrected chi connectivity index (χ4v) is 3.87. The number of amides is 1. The molecule has 1 aromatic heterocycles. The van der Waals surface area contributed by atoms with Crippen molar-refractivity contribution in [3.05, 3.63) is 57.3 Å². The molecule has 1 aliphatic rings. The highest BCUT2D eigenvalue weighted by Gasteiger charge is 2.24. The molecule has 1 saturated heterocycles. The lowest BCUT2D eigenvalue weighted by atomic mass is 10.1. The van der Waals surface area contributed by atoms with Gasteiger partial charge in [0.1, 0.15) is 4.88 Å². The predicted octanol–water partition coefficient (Wildman–Crippen LogP) is 3.62. The number of hydrogen-bond acceptors (Lipinski definition) is 4. The SMILES string of the molecule is Cc1ccc(CCN(CC2CCCO2)C(=O)c2ccc(C(=O)O)s2)cc1. The average Bonchev–Trinajstić information content (AvgIpc) is 3.31. The first-order valence-corrected chi connectivity index (χ1v) is 9.64. The molecular formula is C20H23NO4S. The Morgan fingerprint density at radius 2 is 1.92 bits per heavy atom. The lowest BCUT2D eigenvalue weighted by Gasteiger charge is -2.25. The van der Waals surface area contributed by atoms with Crippen LogP contribution in [0.5, 0.6) is 0 Å². The van der Waals surface area contributed by atoms with Crippen LogP contribution < -0.4 is 0 Å². The zero-order chi connectivity index (χ0) is 18.5. The van der Waals surface area contributed by atoms with Crippen molar-refractivity contribution in [3.63, 3.8) is 0 Å². The van der Waals surface area contributed by atoms with Gasteiger partial charge in [0, 0.05) is 19.7 Å². The summed E-state index contributed by atoms with van der Waals surface area (Å²) in [6.45, 7) is 3.92. The number of aromatic carboxylic acids is 1. The molecule has 1 unspecified atom stereocenters. The number of ether oxygens (including phenoxy) is 1. The van der Waals surface area contributed by atoms with Crippen molar-refractivity contribution in [1.29, 1.82) is 0 Å². The van der Waals surface area contributed by atoms with Crippen molar-refractivity contribution in [2.24, 2.45) is 0 Å². The third-order valence-corrected chi connectivity index (χ3v) is 5.62. The van der Waals surface area contributed by atoms with Gasteiger partial charge in [-0.2, -0.15) is 0 Å². The van der Waals surface area contributed by atoms with Crippen LogP contribution >= 0.6 is 11.3 Å². The van der Waals surface area contributed by atoms with E-state index in [4.69, 9.17) is 9.84 Å². The first kappa shape index (κ1) is 18.6. The van der Waals surface area contributed by atoms with Crippen molar-refractivity contribution in [1.82, 2.24) is 4.90 Å². The molecule has 1 N–H and O–H groups in total. The number of carboxylic acids is 1. The molecule has 3 rings (SSSR count). The molecule has 0 spiro atoms. The number of carbonyl (C=O) groups is 2. The highest BCUT2D eigenvalue weighted by Crippen LogP contribution is 2.21. The molecule has 0 saturated carbocycles. The zero-order valence-corrected chi connectivity index (χ0v) is 15.6. The second-order valence-corrected chi connectivity index (χ2v) is 7.67. The lowest BCUT2D eigenvalue weighted by Crippen LogP contribution is -2.38. The molecule has 26 heavy (non-hydrogen) atoms. The maximum absolute atomic E-state index is 12.9. The minimum absolute atomic E-state index is 0.0656. The summed E-state index contributed by atoms with van der Waals surface area (Å²) in [5.74, 6) is -1.12. The van der Waals surface area contributed by atoms with Crippen molar-refractivity contribution in [2.45, 2.75) is 32.3 Å². The third kappa shape index (κ3) is 4.71. The second kappa shape index (κ2) is 8.47. The summed E-state index contributed by atoms with van der Waals surface area (Å²) >= 11 is 1.03. The van der Waals surface area contributed by atoms with E-state index in [-0.39, 0.29) is 16.9 Å². The van der Waals surface area contributed by atoms with Crippen LogP contribution in [0, 0.1) is 6.92 Å². The van der Waals surface area contributed by atoms with Gasteiger partial charge >= 0.3 is 5.97 Å². The van der Waals surface area contributed by atoms with Gasteiger partial charge in [0.25, 0.3) is 5.91 Å². The maximum Gasteiger partial charge on any atom is 0.345 e. The van der Waals surface area contributed by atoms with E-state index >= 15 is 0 Å². The van der Waals surface area contributed by atoms with E-state index in [0.717, 1.165) is 37.2 Å². The Morgan fingerprint density at radius 3 is 2.54 bits per heavy atom. The number of rotatable bonds is 7. The number of hydrogen-bond donors (Lipinski definition) is 1. The quantitative estimate of drug-likeness (QED) is 0.805. The van der Waals surface area contributed by atoms with Crippen molar-refractivity contribution in [2.75, 3.05) is 19.7 Å². The van der Waals surface area contributed by atoms with E-state index in [0.29, 0.717) is 18.0 Å². The maximum atomic E-state index is 12.9. The average molecular weight is 373 g/mol. The molecule has 1 aromatic carbocycles. The summed E-state index contributed by atoms with van der Waals surface area (Å²) in [7, 11) is 0. The molecule has 2 aromatic rings. The normalized spacial score (nSPS) is 16.6. The Morgan fingerprint density at radius 1 is 1.19 bits per heavy atom. The third-order valence-electron chi connectivity index (χ3n) is 4.55. The van der Waals surface area contributed by atoms with Crippen LogP contribution in [0.1, 0.15) is 43.3 Å². The Labute approximate surface area is 157 Å². The van der Waals surface area contributed by atoms with E-state index in [1.807, 2.05) is 6.92 Å². The van der Waals surface area contributed by atoms with E-state index in [1.54, 1.807) is 11.0 Å². The molecule has 0 bridgehead atoms. The molecule has 1 atom stereocenters. The fourth-order valence-electron chi connectivity index (χ4n) is 3.05. The van der Waals surface area contributed by atoms with E-state index < -0.39 is 5.97 Å². The Hall–Kier alpha value is -2.18. The summed E-state index contributed by atoms with van der Waals surface area (Å²) < 4.78 is 5.70. The first-order chi connectivity index (χ1) is 12.5. The van der Waals surface area contributed by atoms with Crippen LogP contribution in [0.3, 0.4) is 0 Å². The van der Waals surface area contributed by atoms with Crippen LogP contribution in [0.25, 0.3) is 0 Å². The van der Waals surface area contributed by atoms with Crippen molar-refractivity contribution >= 4 is 23.2 Å². The Bertz CT molecular complexity index is 762. The summed E-state index contributed by atoms with van der Waals surface area (Å²) in [6.07, 6.45) is 2.80. The van der Waals surface area contributed by atoms with Crippen LogP contribution in [0.15, 0.2) is 36.4 Å². The highest BCUT2D eigenvalue weighted by molar-refractivity contribution is 7.15. The van der Waals surface area contributed by atoms with E-state index in [2.05, 4.69) is 24.3 Å². The van der Waals surface area contributed by atoms with Gasteiger partial charge in [-0.3, -0.25) is 4.79 Å². The van der Waals surface area contributed by atoms with Crippen molar-refractivity contribution < 1.29 is 19.4 Å². The van der Waals surface area contributed by atoms with Gasteiger partial charge < -0.3 is 14.7 Å². The smallest absolute Gasteiger partial charge is 0.345 e. The number of carboxylic acid groups (broad SMARTS) is 1. The second-order valence-electron chi connectivity index (χ2n) is 6.59. The molecule has 5 nitrogen and oxygen atoms in total.